The highest BCUT2D eigenvalue weighted by Gasteiger charge is 2.18. The molecule has 1 amide bonds. The van der Waals surface area contributed by atoms with E-state index in [9.17, 15) is 4.79 Å². The van der Waals surface area contributed by atoms with E-state index in [4.69, 9.17) is 0 Å². The molecule has 0 saturated heterocycles. The number of amides is 1. The summed E-state index contributed by atoms with van der Waals surface area (Å²) in [6.07, 6.45) is 0. The van der Waals surface area contributed by atoms with Crippen LogP contribution in [-0.4, -0.2) is 22.4 Å². The van der Waals surface area contributed by atoms with Crippen LogP contribution in [0, 0.1) is 0 Å². The number of nitrogens with one attached hydrogen (secondary N) is 1. The molecule has 0 spiro atoms. The summed E-state index contributed by atoms with van der Waals surface area (Å²) in [5.41, 5.74) is 2.63. The minimum atomic E-state index is -0.227. The van der Waals surface area contributed by atoms with Gasteiger partial charge in [-0.3, -0.25) is 4.79 Å². The van der Waals surface area contributed by atoms with Crippen LogP contribution in [0.1, 0.15) is 5.56 Å². The highest BCUT2D eigenvalue weighted by molar-refractivity contribution is 9.10. The molecule has 0 aliphatic carbocycles. The standard InChI is InChI=1S/C16H12BrN3OS/c17-12-8-6-11(7-9-12)14-10-22-16(20-19-14)15(21)18-13-4-2-1-3-5-13/h1-9H,10H2,(H,18,21). The number of carbonyl (C=O) groups excluding carboxylic acids is 1. The summed E-state index contributed by atoms with van der Waals surface area (Å²) in [6.45, 7) is 0. The zero-order valence-corrected chi connectivity index (χ0v) is 13.9. The first-order chi connectivity index (χ1) is 10.7. The molecule has 110 valence electrons. The van der Waals surface area contributed by atoms with Crippen LogP contribution in [0.2, 0.25) is 0 Å². The van der Waals surface area contributed by atoms with E-state index in [-0.39, 0.29) is 5.91 Å². The number of rotatable bonds is 3. The average Bonchev–Trinajstić information content (AvgIpc) is 2.57. The van der Waals surface area contributed by atoms with Crippen LogP contribution < -0.4 is 5.32 Å². The molecule has 3 rings (SSSR count). The van der Waals surface area contributed by atoms with Crippen molar-refractivity contribution in [2.45, 2.75) is 0 Å². The second-order valence-corrected chi connectivity index (χ2v) is 6.45. The van der Waals surface area contributed by atoms with Gasteiger partial charge in [0.1, 0.15) is 0 Å². The number of benzene rings is 2. The highest BCUT2D eigenvalue weighted by atomic mass is 79.9. The predicted octanol–water partition coefficient (Wildman–Crippen LogP) is 3.94. The van der Waals surface area contributed by atoms with Crippen molar-refractivity contribution in [2.75, 3.05) is 11.1 Å². The highest BCUT2D eigenvalue weighted by Crippen LogP contribution is 2.19. The lowest BCUT2D eigenvalue weighted by Crippen LogP contribution is -2.23. The number of hydrogen-bond donors (Lipinski definition) is 1. The average molecular weight is 374 g/mol. The van der Waals surface area contributed by atoms with Crippen LogP contribution in [0.25, 0.3) is 0 Å². The molecule has 0 atom stereocenters. The first-order valence-electron chi connectivity index (χ1n) is 6.62. The van der Waals surface area contributed by atoms with Crippen molar-refractivity contribution in [3.8, 4) is 0 Å². The number of anilines is 1. The van der Waals surface area contributed by atoms with Crippen LogP contribution in [-0.2, 0) is 4.79 Å². The van der Waals surface area contributed by atoms with E-state index in [0.717, 1.165) is 21.4 Å². The van der Waals surface area contributed by atoms with Gasteiger partial charge in [0.15, 0.2) is 5.04 Å². The summed E-state index contributed by atoms with van der Waals surface area (Å²) in [7, 11) is 0. The Balaban J connectivity index is 1.72. The number of para-hydroxylation sites is 1. The van der Waals surface area contributed by atoms with E-state index in [1.165, 1.54) is 11.8 Å². The first-order valence-corrected chi connectivity index (χ1v) is 8.40. The van der Waals surface area contributed by atoms with Crippen LogP contribution in [0.15, 0.2) is 69.3 Å². The quantitative estimate of drug-likeness (QED) is 0.885. The van der Waals surface area contributed by atoms with Gasteiger partial charge in [0.05, 0.1) is 5.71 Å². The molecule has 0 fully saturated rings. The summed E-state index contributed by atoms with van der Waals surface area (Å²) in [4.78, 5) is 12.1. The Morgan fingerprint density at radius 2 is 1.77 bits per heavy atom. The topological polar surface area (TPSA) is 53.8 Å². The Kier molecular flexibility index (Phi) is 4.70. The van der Waals surface area contributed by atoms with Gasteiger partial charge in [-0.2, -0.15) is 5.10 Å². The lowest BCUT2D eigenvalue weighted by atomic mass is 10.1. The minimum Gasteiger partial charge on any atom is -0.320 e. The number of thioether (sulfide) groups is 1. The smallest absolute Gasteiger partial charge is 0.282 e. The third kappa shape index (κ3) is 3.64. The number of halogens is 1. The Hall–Kier alpha value is -1.92. The molecule has 0 unspecified atom stereocenters. The number of nitrogens with zero attached hydrogens (tertiary/aromatic N) is 2. The van der Waals surface area contributed by atoms with Crippen molar-refractivity contribution in [2.24, 2.45) is 10.2 Å². The van der Waals surface area contributed by atoms with E-state index in [2.05, 4.69) is 31.4 Å². The number of hydrogen-bond acceptors (Lipinski definition) is 4. The van der Waals surface area contributed by atoms with E-state index >= 15 is 0 Å². The maximum absolute atomic E-state index is 12.1. The fourth-order valence-electron chi connectivity index (χ4n) is 1.90. The fourth-order valence-corrected chi connectivity index (χ4v) is 2.94. The molecule has 1 aliphatic heterocycles. The van der Waals surface area contributed by atoms with Gasteiger partial charge in [-0.25, -0.2) is 0 Å². The summed E-state index contributed by atoms with van der Waals surface area (Å²) < 4.78 is 1.02. The molecular formula is C16H12BrN3OS. The van der Waals surface area contributed by atoms with Crippen molar-refractivity contribution in [1.29, 1.82) is 0 Å². The van der Waals surface area contributed by atoms with Gasteiger partial charge in [-0.05, 0) is 29.8 Å². The molecule has 2 aromatic carbocycles. The maximum atomic E-state index is 12.1. The van der Waals surface area contributed by atoms with Crippen LogP contribution in [0.4, 0.5) is 5.69 Å². The van der Waals surface area contributed by atoms with E-state index in [1.54, 1.807) is 0 Å². The summed E-state index contributed by atoms with van der Waals surface area (Å²) in [6, 6.07) is 17.2. The van der Waals surface area contributed by atoms with Crippen molar-refractivity contribution >= 4 is 50.0 Å². The van der Waals surface area contributed by atoms with Gasteiger partial charge >= 0.3 is 0 Å². The van der Waals surface area contributed by atoms with Gasteiger partial charge in [0.2, 0.25) is 0 Å². The molecule has 22 heavy (non-hydrogen) atoms. The monoisotopic (exact) mass is 373 g/mol. The van der Waals surface area contributed by atoms with E-state index in [1.807, 2.05) is 54.6 Å². The molecule has 0 bridgehead atoms. The summed E-state index contributed by atoms with van der Waals surface area (Å²) >= 11 is 4.80. The summed E-state index contributed by atoms with van der Waals surface area (Å²) in [5.74, 6) is 0.401. The molecule has 4 nitrogen and oxygen atoms in total. The second-order valence-electron chi connectivity index (χ2n) is 4.57. The Morgan fingerprint density at radius 3 is 2.41 bits per heavy atom. The Bertz CT molecular complexity index is 742. The minimum absolute atomic E-state index is 0.227. The van der Waals surface area contributed by atoms with Gasteiger partial charge in [0, 0.05) is 15.9 Å². The fraction of sp³-hybridized carbons (Fsp3) is 0.0625. The number of carbonyl (C=O) groups is 1. The molecule has 6 heteroatoms. The molecule has 1 aliphatic rings. The zero-order chi connectivity index (χ0) is 15.4. The van der Waals surface area contributed by atoms with Crippen molar-refractivity contribution in [3.63, 3.8) is 0 Å². The van der Waals surface area contributed by atoms with E-state index < -0.39 is 0 Å². The van der Waals surface area contributed by atoms with Crippen LogP contribution in [0.5, 0.6) is 0 Å². The maximum Gasteiger partial charge on any atom is 0.282 e. The van der Waals surface area contributed by atoms with Crippen LogP contribution >= 0.6 is 27.7 Å². The molecule has 1 heterocycles. The second kappa shape index (κ2) is 6.89. The normalized spacial score (nSPS) is 14.0. The van der Waals surface area contributed by atoms with Gasteiger partial charge in [0.25, 0.3) is 5.91 Å². The van der Waals surface area contributed by atoms with Gasteiger partial charge in [-0.15, -0.1) is 5.10 Å². The third-order valence-electron chi connectivity index (χ3n) is 3.01. The SMILES string of the molecule is O=C(Nc1ccccc1)C1=NN=C(c2ccc(Br)cc2)CS1. The first kappa shape index (κ1) is 15.0. The van der Waals surface area contributed by atoms with Gasteiger partial charge < -0.3 is 5.32 Å². The largest absolute Gasteiger partial charge is 0.320 e. The van der Waals surface area contributed by atoms with Crippen molar-refractivity contribution in [1.82, 2.24) is 0 Å². The van der Waals surface area contributed by atoms with E-state index in [0.29, 0.717) is 10.8 Å². The molecular weight excluding hydrogens is 362 g/mol. The lowest BCUT2D eigenvalue weighted by Gasteiger charge is -2.12. The Morgan fingerprint density at radius 1 is 1.05 bits per heavy atom. The van der Waals surface area contributed by atoms with Crippen molar-refractivity contribution < 1.29 is 4.79 Å². The summed E-state index contributed by atoms with van der Waals surface area (Å²) in [5, 5.41) is 11.4. The molecule has 2 aromatic rings. The predicted molar refractivity (Wildman–Crippen MR) is 95.6 cm³/mol. The van der Waals surface area contributed by atoms with Gasteiger partial charge in [-0.1, -0.05) is 58.0 Å². The molecule has 0 aromatic heterocycles. The zero-order valence-electron chi connectivity index (χ0n) is 11.5. The molecule has 0 saturated carbocycles. The lowest BCUT2D eigenvalue weighted by molar-refractivity contribution is -0.110. The molecule has 0 radical (unpaired) electrons. The van der Waals surface area contributed by atoms with Crippen LogP contribution in [0.3, 0.4) is 0 Å². The third-order valence-corrected chi connectivity index (χ3v) is 4.50. The van der Waals surface area contributed by atoms with Crippen molar-refractivity contribution in [3.05, 3.63) is 64.6 Å². The Labute approximate surface area is 140 Å². The molecule has 1 N–H and O–H groups in total.